The molecule has 4 aromatic carbocycles. The Hall–Kier alpha value is -1.54. The first-order chi connectivity index (χ1) is 13.9. The molecule has 0 fully saturated rings. The predicted octanol–water partition coefficient (Wildman–Crippen LogP) is 2.59. The molecule has 0 aliphatic carbocycles. The number of benzene rings is 4. The van der Waals surface area contributed by atoms with Gasteiger partial charge in [0.05, 0.1) is 0 Å². The summed E-state index contributed by atoms with van der Waals surface area (Å²) in [4.78, 5) is 0. The second kappa shape index (κ2) is 7.06. The van der Waals surface area contributed by atoms with Crippen molar-refractivity contribution in [2.75, 3.05) is 0 Å². The van der Waals surface area contributed by atoms with Gasteiger partial charge in [-0.2, -0.15) is 0 Å². The standard InChI is InChI=1S/C26H18Te2/c1-5-13-21-17(9-1)25(18-10-2-6-14-22(18)27-21)26-19-11-3-7-15-23(19)28-24-16-8-4-12-20(24)26/h1-16,25-26H. The summed E-state index contributed by atoms with van der Waals surface area (Å²) in [5, 5.41) is 0. The van der Waals surface area contributed by atoms with Crippen molar-refractivity contribution < 1.29 is 0 Å². The normalized spacial score (nSPS) is 15.3. The molecule has 0 unspecified atom stereocenters. The summed E-state index contributed by atoms with van der Waals surface area (Å²) in [6.07, 6.45) is 0. The molecule has 2 aliphatic heterocycles. The molecule has 28 heavy (non-hydrogen) atoms. The topological polar surface area (TPSA) is 0 Å². The zero-order valence-electron chi connectivity index (χ0n) is 15.2. The summed E-state index contributed by atoms with van der Waals surface area (Å²) in [6.45, 7) is 0. The number of fused-ring (bicyclic) bond motifs is 4. The molecule has 2 aliphatic rings. The molecule has 0 N–H and O–H groups in total. The van der Waals surface area contributed by atoms with Crippen LogP contribution in [0.4, 0.5) is 0 Å². The Morgan fingerprint density at radius 1 is 0.357 bits per heavy atom. The molecule has 0 radical (unpaired) electrons. The van der Waals surface area contributed by atoms with Crippen molar-refractivity contribution in [1.29, 1.82) is 0 Å². The molecule has 6 rings (SSSR count). The van der Waals surface area contributed by atoms with Crippen molar-refractivity contribution in [2.45, 2.75) is 11.8 Å². The summed E-state index contributed by atoms with van der Waals surface area (Å²) in [5.74, 6) is 0.836. The first kappa shape index (κ1) is 17.3. The van der Waals surface area contributed by atoms with Crippen LogP contribution in [0.3, 0.4) is 0 Å². The van der Waals surface area contributed by atoms with E-state index in [9.17, 15) is 0 Å². The van der Waals surface area contributed by atoms with Gasteiger partial charge in [0.15, 0.2) is 0 Å². The van der Waals surface area contributed by atoms with E-state index in [2.05, 4.69) is 97.1 Å². The zero-order valence-corrected chi connectivity index (χ0v) is 19.9. The summed E-state index contributed by atoms with van der Waals surface area (Å²) in [6, 6.07) is 37.0. The maximum absolute atomic E-state index is 2.40. The Balaban J connectivity index is 1.66. The Kier molecular flexibility index (Phi) is 4.37. The molecular weight excluding hydrogens is 567 g/mol. The third-order valence-electron chi connectivity index (χ3n) is 5.79. The Labute approximate surface area is 186 Å². The van der Waals surface area contributed by atoms with E-state index in [0.717, 1.165) is 0 Å². The zero-order chi connectivity index (χ0) is 18.5. The molecule has 0 bridgehead atoms. The van der Waals surface area contributed by atoms with Crippen molar-refractivity contribution in [1.82, 2.24) is 0 Å². The van der Waals surface area contributed by atoms with Crippen LogP contribution in [-0.4, -0.2) is 41.8 Å². The fourth-order valence-corrected chi connectivity index (χ4v) is 11.2. The van der Waals surface area contributed by atoms with Gasteiger partial charge >= 0.3 is 187 Å². The second-order valence-electron chi connectivity index (χ2n) is 7.31. The van der Waals surface area contributed by atoms with Gasteiger partial charge in [-0.15, -0.1) is 0 Å². The van der Waals surface area contributed by atoms with Crippen molar-refractivity contribution in [3.05, 3.63) is 119 Å². The van der Waals surface area contributed by atoms with E-state index in [4.69, 9.17) is 0 Å². The van der Waals surface area contributed by atoms with Crippen LogP contribution in [-0.2, 0) is 0 Å². The molecule has 0 atom stereocenters. The van der Waals surface area contributed by atoms with E-state index >= 15 is 0 Å². The quantitative estimate of drug-likeness (QED) is 0.302. The van der Waals surface area contributed by atoms with Crippen molar-refractivity contribution in [2.24, 2.45) is 0 Å². The van der Waals surface area contributed by atoms with Gasteiger partial charge in [-0.25, -0.2) is 0 Å². The molecule has 4 aromatic rings. The maximum atomic E-state index is 2.40. The molecule has 0 amide bonds. The molecule has 134 valence electrons. The van der Waals surface area contributed by atoms with Crippen LogP contribution >= 0.6 is 0 Å². The Morgan fingerprint density at radius 2 is 0.607 bits per heavy atom. The summed E-state index contributed by atoms with van der Waals surface area (Å²) in [7, 11) is 0. The van der Waals surface area contributed by atoms with Gasteiger partial charge in [0.25, 0.3) is 0 Å². The van der Waals surface area contributed by atoms with Gasteiger partial charge in [-0.3, -0.25) is 0 Å². The van der Waals surface area contributed by atoms with Crippen LogP contribution in [0.5, 0.6) is 0 Å². The molecule has 0 saturated heterocycles. The molecule has 0 nitrogen and oxygen atoms in total. The van der Waals surface area contributed by atoms with Gasteiger partial charge in [-0.05, 0) is 0 Å². The monoisotopic (exact) mass is 590 g/mol. The minimum atomic E-state index is -0.312. The Bertz CT molecular complexity index is 1010. The van der Waals surface area contributed by atoms with Crippen LogP contribution in [0, 0.1) is 0 Å². The molecule has 0 aromatic heterocycles. The van der Waals surface area contributed by atoms with E-state index in [-0.39, 0.29) is 41.8 Å². The number of rotatable bonds is 1. The van der Waals surface area contributed by atoms with Crippen molar-refractivity contribution in [3.63, 3.8) is 0 Å². The summed E-state index contributed by atoms with van der Waals surface area (Å²) >= 11 is -0.624. The number of hydrogen-bond acceptors (Lipinski definition) is 0. The van der Waals surface area contributed by atoms with Crippen LogP contribution in [0.2, 0.25) is 0 Å². The average Bonchev–Trinajstić information content (AvgIpc) is 2.76. The Morgan fingerprint density at radius 3 is 0.893 bits per heavy atom. The van der Waals surface area contributed by atoms with Gasteiger partial charge < -0.3 is 0 Å². The van der Waals surface area contributed by atoms with E-state index in [0.29, 0.717) is 11.8 Å². The summed E-state index contributed by atoms with van der Waals surface area (Å²) < 4.78 is 6.48. The van der Waals surface area contributed by atoms with Crippen LogP contribution in [0.25, 0.3) is 0 Å². The second-order valence-corrected chi connectivity index (χ2v) is 13.5. The van der Waals surface area contributed by atoms with Crippen LogP contribution in [0.15, 0.2) is 97.1 Å². The van der Waals surface area contributed by atoms with Gasteiger partial charge in [0.1, 0.15) is 0 Å². The van der Waals surface area contributed by atoms with Crippen LogP contribution in [0.1, 0.15) is 34.1 Å². The van der Waals surface area contributed by atoms with E-state index in [1.165, 1.54) is 0 Å². The average molecular weight is 586 g/mol. The van der Waals surface area contributed by atoms with E-state index in [1.807, 2.05) is 0 Å². The fraction of sp³-hybridized carbons (Fsp3) is 0.0769. The van der Waals surface area contributed by atoms with Crippen LogP contribution < -0.4 is 14.4 Å². The van der Waals surface area contributed by atoms with E-state index in [1.54, 1.807) is 36.7 Å². The van der Waals surface area contributed by atoms with Crippen molar-refractivity contribution >= 4 is 56.3 Å². The van der Waals surface area contributed by atoms with Crippen molar-refractivity contribution in [3.8, 4) is 0 Å². The number of hydrogen-bond donors (Lipinski definition) is 0. The summed E-state index contributed by atoms with van der Waals surface area (Å²) in [5.41, 5.74) is 6.28. The molecule has 0 saturated carbocycles. The van der Waals surface area contributed by atoms with Gasteiger partial charge in [0, 0.05) is 0 Å². The molecule has 2 heteroatoms. The third kappa shape index (κ3) is 2.71. The fourth-order valence-electron chi connectivity index (χ4n) is 4.61. The predicted molar refractivity (Wildman–Crippen MR) is 119 cm³/mol. The third-order valence-corrected chi connectivity index (χ3v) is 12.5. The first-order valence-corrected chi connectivity index (χ1v) is 14.3. The van der Waals surface area contributed by atoms with Gasteiger partial charge in [0.2, 0.25) is 0 Å². The van der Waals surface area contributed by atoms with Gasteiger partial charge in [-0.1, -0.05) is 0 Å². The molecular formula is C26H18Te2. The van der Waals surface area contributed by atoms with E-state index < -0.39 is 0 Å². The molecule has 2 heterocycles. The molecule has 0 spiro atoms. The first-order valence-electron chi connectivity index (χ1n) is 9.61. The SMILES string of the molecule is c1ccc2c(c1)[Te]c1ccccc1C2C1c2ccccc2[Te]c2ccccc21. The minimum absolute atomic E-state index is 0.312.